The quantitative estimate of drug-likeness (QED) is 0.506. The number of hydrogen-bond donors (Lipinski definition) is 0. The summed E-state index contributed by atoms with van der Waals surface area (Å²) < 4.78 is 0. The molecule has 0 N–H and O–H groups in total. The lowest BCUT2D eigenvalue weighted by atomic mass is 10.0. The lowest BCUT2D eigenvalue weighted by Gasteiger charge is -2.13. The summed E-state index contributed by atoms with van der Waals surface area (Å²) in [7, 11) is 0. The molecule has 0 spiro atoms. The largest absolute Gasteiger partial charge is 0.294 e. The first-order valence-corrected chi connectivity index (χ1v) is 9.77. The van der Waals surface area contributed by atoms with Crippen LogP contribution in [0.25, 0.3) is 0 Å². The molecule has 1 aliphatic rings. The third-order valence-electron chi connectivity index (χ3n) is 4.13. The lowest BCUT2D eigenvalue weighted by molar-refractivity contribution is -0.125. The molecule has 1 atom stereocenters. The van der Waals surface area contributed by atoms with Gasteiger partial charge in [-0.25, -0.2) is 4.99 Å². The zero-order chi connectivity index (χ0) is 19.4. The number of ketones is 1. The monoisotopic (exact) mass is 398 g/mol. The van der Waals surface area contributed by atoms with Crippen LogP contribution in [0.2, 0.25) is 5.02 Å². The van der Waals surface area contributed by atoms with Crippen molar-refractivity contribution in [3.8, 4) is 0 Å². The van der Waals surface area contributed by atoms with Gasteiger partial charge in [0, 0.05) is 23.6 Å². The fourth-order valence-electron chi connectivity index (χ4n) is 2.67. The summed E-state index contributed by atoms with van der Waals surface area (Å²) in [4.78, 5) is 31.5. The van der Waals surface area contributed by atoms with Crippen molar-refractivity contribution < 1.29 is 9.59 Å². The normalized spacial score (nSPS) is 18.1. The molecule has 27 heavy (non-hydrogen) atoms. The van der Waals surface area contributed by atoms with Crippen LogP contribution >= 0.6 is 23.4 Å². The van der Waals surface area contributed by atoms with Crippen molar-refractivity contribution in [2.24, 2.45) is 4.99 Å². The Balaban J connectivity index is 1.79. The van der Waals surface area contributed by atoms with Crippen LogP contribution in [-0.2, 0) is 4.79 Å². The number of nitrogens with zero attached hydrogens (tertiary/aromatic N) is 2. The van der Waals surface area contributed by atoms with Crippen molar-refractivity contribution >= 4 is 45.9 Å². The zero-order valence-corrected chi connectivity index (χ0v) is 16.5. The summed E-state index contributed by atoms with van der Waals surface area (Å²) in [5.74, 6) is -0.166. The first kappa shape index (κ1) is 19.4. The molecular formula is C21H19ClN2O2S. The highest BCUT2D eigenvalue weighted by atomic mass is 35.5. The average Bonchev–Trinajstić information content (AvgIpc) is 2.93. The first-order valence-electron chi connectivity index (χ1n) is 8.51. The molecule has 0 radical (unpaired) electrons. The van der Waals surface area contributed by atoms with E-state index in [2.05, 4.69) is 11.6 Å². The molecule has 1 unspecified atom stereocenters. The van der Waals surface area contributed by atoms with Crippen molar-refractivity contribution in [2.45, 2.75) is 18.6 Å². The minimum absolute atomic E-state index is 0.0489. The molecular weight excluding hydrogens is 380 g/mol. The number of rotatable bonds is 6. The van der Waals surface area contributed by atoms with E-state index in [4.69, 9.17) is 11.6 Å². The number of amidine groups is 1. The number of amides is 1. The van der Waals surface area contributed by atoms with E-state index in [0.717, 1.165) is 5.56 Å². The summed E-state index contributed by atoms with van der Waals surface area (Å²) >= 11 is 7.23. The lowest BCUT2D eigenvalue weighted by Crippen LogP contribution is -2.32. The fourth-order valence-corrected chi connectivity index (χ4v) is 3.97. The number of benzene rings is 2. The van der Waals surface area contributed by atoms with Crippen molar-refractivity contribution in [3.05, 3.63) is 77.3 Å². The molecule has 2 aromatic carbocycles. The van der Waals surface area contributed by atoms with Crippen LogP contribution in [0.5, 0.6) is 0 Å². The van der Waals surface area contributed by atoms with Gasteiger partial charge in [-0.1, -0.05) is 59.3 Å². The summed E-state index contributed by atoms with van der Waals surface area (Å²) in [5, 5.41) is 0.715. The molecule has 1 aliphatic heterocycles. The second-order valence-corrected chi connectivity index (χ2v) is 7.81. The number of halogens is 1. The van der Waals surface area contributed by atoms with Crippen LogP contribution in [0.3, 0.4) is 0 Å². The van der Waals surface area contributed by atoms with Gasteiger partial charge in [0.1, 0.15) is 0 Å². The van der Waals surface area contributed by atoms with Crippen molar-refractivity contribution in [3.63, 3.8) is 0 Å². The molecule has 1 fully saturated rings. The van der Waals surface area contributed by atoms with Gasteiger partial charge >= 0.3 is 0 Å². The van der Waals surface area contributed by atoms with E-state index in [0.29, 0.717) is 28.0 Å². The van der Waals surface area contributed by atoms with E-state index in [1.165, 1.54) is 11.8 Å². The smallest absolute Gasteiger partial charge is 0.242 e. The number of carbonyl (C=O) groups excluding carboxylic acids is 2. The van der Waals surface area contributed by atoms with Gasteiger partial charge in [0.25, 0.3) is 0 Å². The molecule has 1 saturated heterocycles. The minimum Gasteiger partial charge on any atom is -0.294 e. The second kappa shape index (κ2) is 8.55. The average molecular weight is 399 g/mol. The molecule has 138 valence electrons. The minimum atomic E-state index is -0.482. The predicted molar refractivity (Wildman–Crippen MR) is 112 cm³/mol. The van der Waals surface area contributed by atoms with Gasteiger partial charge in [0.15, 0.2) is 11.0 Å². The third kappa shape index (κ3) is 4.67. The second-order valence-electron chi connectivity index (χ2n) is 6.21. The summed E-state index contributed by atoms with van der Waals surface area (Å²) in [6.07, 6.45) is 1.79. The van der Waals surface area contributed by atoms with Gasteiger partial charge < -0.3 is 0 Å². The van der Waals surface area contributed by atoms with Crippen LogP contribution in [-0.4, -0.2) is 33.6 Å². The molecule has 2 aromatic rings. The number of carbonyl (C=O) groups is 2. The van der Waals surface area contributed by atoms with Gasteiger partial charge in [0.2, 0.25) is 5.91 Å². The van der Waals surface area contributed by atoms with Gasteiger partial charge in [0.05, 0.1) is 10.9 Å². The summed E-state index contributed by atoms with van der Waals surface area (Å²) in [5.41, 5.74) is 2.41. The van der Waals surface area contributed by atoms with Crippen LogP contribution in [0.4, 0.5) is 5.69 Å². The Morgan fingerprint density at radius 2 is 1.89 bits per heavy atom. The van der Waals surface area contributed by atoms with Gasteiger partial charge in [-0.3, -0.25) is 14.5 Å². The van der Waals surface area contributed by atoms with E-state index < -0.39 is 5.25 Å². The highest BCUT2D eigenvalue weighted by Gasteiger charge is 2.38. The zero-order valence-electron chi connectivity index (χ0n) is 14.9. The number of thioether (sulfide) groups is 1. The van der Waals surface area contributed by atoms with Crippen LogP contribution in [0, 0.1) is 6.92 Å². The predicted octanol–water partition coefficient (Wildman–Crippen LogP) is 5.04. The van der Waals surface area contributed by atoms with Gasteiger partial charge in [-0.15, -0.1) is 6.58 Å². The van der Waals surface area contributed by atoms with E-state index in [-0.39, 0.29) is 18.1 Å². The third-order valence-corrected chi connectivity index (χ3v) is 5.55. The van der Waals surface area contributed by atoms with Crippen molar-refractivity contribution in [1.82, 2.24) is 4.90 Å². The highest BCUT2D eigenvalue weighted by Crippen LogP contribution is 2.32. The van der Waals surface area contributed by atoms with E-state index in [1.54, 1.807) is 47.4 Å². The highest BCUT2D eigenvalue weighted by molar-refractivity contribution is 8.15. The SMILES string of the molecule is C=CCN1C(=O)C(CC(=O)c2ccc(C)cc2)SC1=Nc1ccc(Cl)cc1. The molecule has 0 aliphatic carbocycles. The van der Waals surface area contributed by atoms with Crippen molar-refractivity contribution in [1.29, 1.82) is 0 Å². The number of hydrogen-bond acceptors (Lipinski definition) is 4. The maximum absolute atomic E-state index is 12.8. The fraction of sp³-hybridized carbons (Fsp3) is 0.190. The molecule has 6 heteroatoms. The van der Waals surface area contributed by atoms with E-state index in [9.17, 15) is 9.59 Å². The number of Topliss-reactive ketones (excluding diaryl/α,β-unsaturated/α-hetero) is 1. The van der Waals surface area contributed by atoms with Crippen LogP contribution in [0.1, 0.15) is 22.3 Å². The number of aliphatic imine (C=N–C) groups is 1. The Morgan fingerprint density at radius 3 is 2.52 bits per heavy atom. The maximum atomic E-state index is 12.8. The molecule has 3 rings (SSSR count). The Bertz CT molecular complexity index is 891. The molecule has 0 saturated carbocycles. The Labute approximate surface area is 167 Å². The Hall–Kier alpha value is -2.37. The van der Waals surface area contributed by atoms with Crippen LogP contribution < -0.4 is 0 Å². The van der Waals surface area contributed by atoms with Gasteiger partial charge in [-0.2, -0.15) is 0 Å². The molecule has 1 heterocycles. The summed E-state index contributed by atoms with van der Waals surface area (Å²) in [6.45, 7) is 6.04. The topological polar surface area (TPSA) is 49.7 Å². The van der Waals surface area contributed by atoms with E-state index in [1.807, 2.05) is 19.1 Å². The first-order chi connectivity index (χ1) is 13.0. The Morgan fingerprint density at radius 1 is 1.22 bits per heavy atom. The van der Waals surface area contributed by atoms with E-state index >= 15 is 0 Å². The maximum Gasteiger partial charge on any atom is 0.242 e. The van der Waals surface area contributed by atoms with Gasteiger partial charge in [-0.05, 0) is 31.2 Å². The molecule has 4 nitrogen and oxygen atoms in total. The number of aryl methyl sites for hydroxylation is 1. The molecule has 0 aromatic heterocycles. The van der Waals surface area contributed by atoms with Crippen molar-refractivity contribution in [2.75, 3.05) is 6.54 Å². The standard InChI is InChI=1S/C21H19ClN2O2S/c1-3-12-24-20(26)19(13-18(25)15-6-4-14(2)5-7-15)27-21(24)23-17-10-8-16(22)9-11-17/h3-11,19H,1,12-13H2,2H3. The Kier molecular flexibility index (Phi) is 6.14. The molecule has 0 bridgehead atoms. The molecule has 1 amide bonds. The van der Waals surface area contributed by atoms with Crippen LogP contribution in [0.15, 0.2) is 66.2 Å². The summed E-state index contributed by atoms with van der Waals surface area (Å²) in [6, 6.07) is 14.5.